The Morgan fingerprint density at radius 1 is 0.588 bits per heavy atom. The average Bonchev–Trinajstić information content (AvgIpc) is 3.08. The number of likely N-dealkylation sites (N-methyl/N-ethyl adjacent to an activating group) is 1. The summed E-state index contributed by atoms with van der Waals surface area (Å²) in [5, 5.41) is 9.58. The van der Waals surface area contributed by atoms with Crippen molar-refractivity contribution in [3.8, 4) is 0 Å². The molecule has 0 aromatic heterocycles. The summed E-state index contributed by atoms with van der Waals surface area (Å²) in [4.78, 5) is 36.8. The van der Waals surface area contributed by atoms with Crippen molar-refractivity contribution in [1.29, 1.82) is 0 Å². The summed E-state index contributed by atoms with van der Waals surface area (Å²) in [7, 11) is 5.48. The standard InChI is InChI=1S/C43H71NO7/c1-6-8-10-12-14-16-18-19-20-21-22-24-25-27-29-31-33-41(45)50-38-39(37-49-36-35-40(43(47)48)44(3,4)5)51-42(46)34-32-30-28-26-23-17-15-13-11-9-7-2/h8-11,14-17,19-20,26,28,39-40H,6-7,12-13,18,21-25,27,29-38H2,1-5H3/p+1/b10-8+,11-9+,16-14+,17-15+,20-19+,28-26+. The second-order valence-corrected chi connectivity index (χ2v) is 13.8. The molecule has 0 aliphatic carbocycles. The highest BCUT2D eigenvalue weighted by Crippen LogP contribution is 2.12. The Labute approximate surface area is 311 Å². The first-order valence-electron chi connectivity index (χ1n) is 19.5. The SMILES string of the molecule is CC/C=C/C/C=C/C/C=C/CCCCCCCCC(=O)OCC(COCCC(C(=O)O)[N+](C)(C)C)OC(=O)CCC/C=C/C/C=C/C/C=C/CC. The Morgan fingerprint density at radius 3 is 1.59 bits per heavy atom. The van der Waals surface area contributed by atoms with Gasteiger partial charge >= 0.3 is 17.9 Å². The molecule has 0 bridgehead atoms. The van der Waals surface area contributed by atoms with Gasteiger partial charge in [-0.25, -0.2) is 4.79 Å². The number of carboxylic acid groups (broad SMARTS) is 1. The number of esters is 2. The minimum absolute atomic E-state index is 0.0325. The number of carboxylic acids is 1. The van der Waals surface area contributed by atoms with Crippen LogP contribution in [0.4, 0.5) is 0 Å². The largest absolute Gasteiger partial charge is 0.477 e. The van der Waals surface area contributed by atoms with E-state index < -0.39 is 18.1 Å². The maximum absolute atomic E-state index is 12.6. The van der Waals surface area contributed by atoms with Gasteiger partial charge in [-0.2, -0.15) is 0 Å². The van der Waals surface area contributed by atoms with Crippen LogP contribution in [0.2, 0.25) is 0 Å². The smallest absolute Gasteiger partial charge is 0.362 e. The quantitative estimate of drug-likeness (QED) is 0.0313. The Balaban J connectivity index is 4.48. The summed E-state index contributed by atoms with van der Waals surface area (Å²) in [6.45, 7) is 4.40. The molecule has 2 atom stereocenters. The highest BCUT2D eigenvalue weighted by molar-refractivity contribution is 5.72. The molecule has 0 fully saturated rings. The van der Waals surface area contributed by atoms with Crippen LogP contribution >= 0.6 is 0 Å². The molecule has 0 aliphatic rings. The molecule has 0 aliphatic heterocycles. The van der Waals surface area contributed by atoms with Crippen LogP contribution in [0.15, 0.2) is 72.9 Å². The van der Waals surface area contributed by atoms with E-state index in [0.717, 1.165) is 77.0 Å². The normalized spacial score (nSPS) is 13.8. The first-order valence-corrected chi connectivity index (χ1v) is 19.5. The minimum Gasteiger partial charge on any atom is -0.477 e. The van der Waals surface area contributed by atoms with E-state index in [4.69, 9.17) is 14.2 Å². The van der Waals surface area contributed by atoms with Gasteiger partial charge in [-0.05, 0) is 70.6 Å². The number of nitrogens with zero attached hydrogens (tertiary/aromatic N) is 1. The summed E-state index contributed by atoms with van der Waals surface area (Å²) in [6.07, 6.45) is 41.0. The highest BCUT2D eigenvalue weighted by atomic mass is 16.6. The lowest BCUT2D eigenvalue weighted by molar-refractivity contribution is -0.887. The summed E-state index contributed by atoms with van der Waals surface area (Å²) < 4.78 is 17.1. The molecule has 0 rings (SSSR count). The number of quaternary nitrogens is 1. The van der Waals surface area contributed by atoms with E-state index in [1.807, 2.05) is 21.1 Å². The van der Waals surface area contributed by atoms with E-state index in [9.17, 15) is 19.5 Å². The number of carbonyl (C=O) groups is 3. The van der Waals surface area contributed by atoms with Crippen LogP contribution in [0, 0.1) is 0 Å². The zero-order valence-electron chi connectivity index (χ0n) is 32.8. The number of hydrogen-bond donors (Lipinski definition) is 1. The van der Waals surface area contributed by atoms with Gasteiger partial charge in [0.15, 0.2) is 12.1 Å². The van der Waals surface area contributed by atoms with Gasteiger partial charge in [-0.15, -0.1) is 0 Å². The van der Waals surface area contributed by atoms with Gasteiger partial charge in [0.05, 0.1) is 34.4 Å². The maximum Gasteiger partial charge on any atom is 0.362 e. The second kappa shape index (κ2) is 33.9. The molecule has 8 nitrogen and oxygen atoms in total. The van der Waals surface area contributed by atoms with Crippen molar-refractivity contribution in [2.75, 3.05) is 41.0 Å². The van der Waals surface area contributed by atoms with E-state index in [0.29, 0.717) is 19.3 Å². The Kier molecular flexibility index (Phi) is 31.7. The van der Waals surface area contributed by atoms with Crippen LogP contribution in [-0.4, -0.2) is 80.6 Å². The molecule has 0 radical (unpaired) electrons. The molecule has 0 heterocycles. The molecule has 0 saturated carbocycles. The molecule has 8 heteroatoms. The Hall–Kier alpha value is -3.23. The third-order valence-electron chi connectivity index (χ3n) is 8.10. The Morgan fingerprint density at radius 2 is 1.06 bits per heavy atom. The van der Waals surface area contributed by atoms with Crippen molar-refractivity contribution in [2.45, 2.75) is 142 Å². The number of allylic oxidation sites excluding steroid dienone is 12. The molecule has 0 aromatic carbocycles. The molecular formula is C43H72NO7+. The molecule has 51 heavy (non-hydrogen) atoms. The average molecular weight is 715 g/mol. The number of aliphatic carboxylic acids is 1. The van der Waals surface area contributed by atoms with Crippen LogP contribution in [0.3, 0.4) is 0 Å². The Bertz CT molecular complexity index is 1060. The third kappa shape index (κ3) is 32.4. The lowest BCUT2D eigenvalue weighted by atomic mass is 10.1. The minimum atomic E-state index is -0.889. The molecular weight excluding hydrogens is 642 g/mol. The molecule has 0 amide bonds. The molecule has 290 valence electrons. The molecule has 1 N–H and O–H groups in total. The topological polar surface area (TPSA) is 99.1 Å². The summed E-state index contributed by atoms with van der Waals surface area (Å²) in [5.41, 5.74) is 0. The van der Waals surface area contributed by atoms with Crippen molar-refractivity contribution in [2.24, 2.45) is 0 Å². The summed E-state index contributed by atoms with van der Waals surface area (Å²) in [6, 6.07) is -0.627. The number of rotatable bonds is 33. The van der Waals surface area contributed by atoms with Crippen molar-refractivity contribution in [1.82, 2.24) is 0 Å². The van der Waals surface area contributed by atoms with Crippen LogP contribution in [0.25, 0.3) is 0 Å². The first-order chi connectivity index (χ1) is 24.6. The van der Waals surface area contributed by atoms with Gasteiger partial charge in [0, 0.05) is 19.3 Å². The number of ether oxygens (including phenoxy) is 3. The van der Waals surface area contributed by atoms with E-state index >= 15 is 0 Å². The van der Waals surface area contributed by atoms with Gasteiger partial charge in [0.25, 0.3) is 0 Å². The van der Waals surface area contributed by atoms with Crippen LogP contribution < -0.4 is 0 Å². The molecule has 0 spiro atoms. The third-order valence-corrected chi connectivity index (χ3v) is 8.10. The first kappa shape index (κ1) is 47.8. The van der Waals surface area contributed by atoms with E-state index in [1.165, 1.54) is 12.8 Å². The molecule has 2 unspecified atom stereocenters. The van der Waals surface area contributed by atoms with Crippen molar-refractivity contribution in [3.05, 3.63) is 72.9 Å². The van der Waals surface area contributed by atoms with Crippen molar-refractivity contribution < 1.29 is 38.2 Å². The van der Waals surface area contributed by atoms with Crippen molar-refractivity contribution in [3.63, 3.8) is 0 Å². The van der Waals surface area contributed by atoms with E-state index in [2.05, 4.69) is 86.8 Å². The summed E-state index contributed by atoms with van der Waals surface area (Å²) >= 11 is 0. The van der Waals surface area contributed by atoms with Crippen LogP contribution in [0.5, 0.6) is 0 Å². The second-order valence-electron chi connectivity index (χ2n) is 13.8. The maximum atomic E-state index is 12.6. The monoisotopic (exact) mass is 715 g/mol. The predicted octanol–water partition coefficient (Wildman–Crippen LogP) is 10.0. The van der Waals surface area contributed by atoms with Gasteiger partial charge in [0.1, 0.15) is 6.61 Å². The summed E-state index contributed by atoms with van der Waals surface area (Å²) in [5.74, 6) is -1.57. The highest BCUT2D eigenvalue weighted by Gasteiger charge is 2.31. The van der Waals surface area contributed by atoms with Crippen LogP contribution in [0.1, 0.15) is 129 Å². The molecule has 0 aromatic rings. The number of unbranched alkanes of at least 4 members (excludes halogenated alkanes) is 7. The van der Waals surface area contributed by atoms with E-state index in [1.54, 1.807) is 0 Å². The van der Waals surface area contributed by atoms with Gasteiger partial charge < -0.3 is 23.8 Å². The zero-order chi connectivity index (χ0) is 37.8. The predicted molar refractivity (Wildman–Crippen MR) is 210 cm³/mol. The fraction of sp³-hybridized carbons (Fsp3) is 0.651. The number of hydrogen-bond acceptors (Lipinski definition) is 6. The number of carbonyl (C=O) groups excluding carboxylic acids is 2. The van der Waals surface area contributed by atoms with Gasteiger partial charge in [-0.1, -0.05) is 112 Å². The zero-order valence-corrected chi connectivity index (χ0v) is 32.8. The van der Waals surface area contributed by atoms with E-state index in [-0.39, 0.29) is 42.7 Å². The van der Waals surface area contributed by atoms with Crippen molar-refractivity contribution >= 4 is 17.9 Å². The fourth-order valence-electron chi connectivity index (χ4n) is 5.13. The lowest BCUT2D eigenvalue weighted by Gasteiger charge is -2.31. The fourth-order valence-corrected chi connectivity index (χ4v) is 5.13. The van der Waals surface area contributed by atoms with Gasteiger partial charge in [0.2, 0.25) is 0 Å². The lowest BCUT2D eigenvalue weighted by Crippen LogP contribution is -2.50. The van der Waals surface area contributed by atoms with Crippen LogP contribution in [-0.2, 0) is 28.6 Å². The van der Waals surface area contributed by atoms with Gasteiger partial charge in [-0.3, -0.25) is 9.59 Å². The molecule has 0 saturated heterocycles.